The number of hydrogen-bond donors (Lipinski definition) is 0. The highest BCUT2D eigenvalue weighted by Crippen LogP contribution is 2.49. The maximum atomic E-state index is 2.66. The highest BCUT2D eigenvalue weighted by atomic mass is 28.3. The Morgan fingerprint density at radius 2 is 0.903 bits per heavy atom. The van der Waals surface area contributed by atoms with E-state index in [2.05, 4.69) is 134 Å². The fraction of sp³-hybridized carbons (Fsp3) is 0.241. The van der Waals surface area contributed by atoms with Gasteiger partial charge in [-0.25, -0.2) is 0 Å². The molecule has 0 aliphatic heterocycles. The minimum Gasteiger partial charge on any atom is -0.0803 e. The molecule has 0 saturated carbocycles. The summed E-state index contributed by atoms with van der Waals surface area (Å²) in [4.78, 5) is 0. The molecular weight excluding hydrogens is 404 g/mol. The molecular formula is C29H32Si2. The second-order valence-electron chi connectivity index (χ2n) is 9.59. The zero-order valence-electron chi connectivity index (χ0n) is 18.3. The van der Waals surface area contributed by atoms with Crippen molar-refractivity contribution in [2.75, 3.05) is 0 Å². The van der Waals surface area contributed by atoms with Gasteiger partial charge in [0.1, 0.15) is 8.07 Å². The minimum absolute atomic E-state index is 0.565. The molecule has 0 saturated heterocycles. The molecule has 0 nitrogen and oxygen atoms in total. The van der Waals surface area contributed by atoms with Crippen LogP contribution in [0.3, 0.4) is 0 Å². The first-order valence-corrected chi connectivity index (χ1v) is 16.9. The van der Waals surface area contributed by atoms with Gasteiger partial charge in [-0.3, -0.25) is 0 Å². The SMILES string of the molecule is C[Si](CC[Si](c1ccccc1)(C1C=CC=C1)C1C=CC=C1)(C1C=CC=C1)C1C=CC=C1. The first-order chi connectivity index (χ1) is 15.2. The predicted molar refractivity (Wildman–Crippen MR) is 141 cm³/mol. The van der Waals surface area contributed by atoms with Crippen molar-refractivity contribution in [1.29, 1.82) is 0 Å². The third-order valence-electron chi connectivity index (χ3n) is 8.09. The Labute approximate surface area is 189 Å². The highest BCUT2D eigenvalue weighted by Gasteiger charge is 2.49. The van der Waals surface area contributed by atoms with Crippen molar-refractivity contribution in [3.63, 3.8) is 0 Å². The van der Waals surface area contributed by atoms with Crippen LogP contribution in [0.5, 0.6) is 0 Å². The van der Waals surface area contributed by atoms with Gasteiger partial charge in [0, 0.05) is 0 Å². The quantitative estimate of drug-likeness (QED) is 0.372. The summed E-state index contributed by atoms with van der Waals surface area (Å²) in [5.41, 5.74) is 2.40. The van der Waals surface area contributed by atoms with E-state index in [1.807, 2.05) is 0 Å². The summed E-state index contributed by atoms with van der Waals surface area (Å²) < 4.78 is 0. The third kappa shape index (κ3) is 3.62. The van der Waals surface area contributed by atoms with Crippen molar-refractivity contribution in [3.8, 4) is 0 Å². The number of rotatable bonds is 8. The van der Waals surface area contributed by atoms with E-state index in [4.69, 9.17) is 0 Å². The Morgan fingerprint density at radius 3 is 1.32 bits per heavy atom. The Balaban J connectivity index is 1.57. The molecule has 156 valence electrons. The third-order valence-corrected chi connectivity index (χ3v) is 19.4. The highest BCUT2D eigenvalue weighted by molar-refractivity contribution is 6.97. The van der Waals surface area contributed by atoms with Crippen LogP contribution in [-0.4, -0.2) is 16.1 Å². The molecule has 2 heteroatoms. The van der Waals surface area contributed by atoms with Crippen LogP contribution in [-0.2, 0) is 0 Å². The Hall–Kier alpha value is -2.43. The van der Waals surface area contributed by atoms with Gasteiger partial charge >= 0.3 is 0 Å². The monoisotopic (exact) mass is 436 g/mol. The lowest BCUT2D eigenvalue weighted by Gasteiger charge is -2.44. The summed E-state index contributed by atoms with van der Waals surface area (Å²) >= 11 is 0. The standard InChI is InChI=1S/C29H32Si2/c1-30(25-13-5-6-14-25,26-15-7-8-16-26)23-24-31(28-19-9-10-20-28,29-21-11-12-22-29)27-17-3-2-4-18-27/h2-22,25-26,28-29H,23-24H2,1H3. The van der Waals surface area contributed by atoms with Crippen LogP contribution < -0.4 is 5.19 Å². The lowest BCUT2D eigenvalue weighted by Crippen LogP contribution is -2.55. The minimum atomic E-state index is -1.93. The summed E-state index contributed by atoms with van der Waals surface area (Å²) in [6.45, 7) is 2.66. The van der Waals surface area contributed by atoms with Gasteiger partial charge in [0.15, 0.2) is 0 Å². The summed E-state index contributed by atoms with van der Waals surface area (Å²) in [5, 5.41) is 1.61. The van der Waals surface area contributed by atoms with Crippen molar-refractivity contribution in [1.82, 2.24) is 0 Å². The average molecular weight is 437 g/mol. The number of benzene rings is 1. The van der Waals surface area contributed by atoms with E-state index >= 15 is 0 Å². The maximum absolute atomic E-state index is 2.66. The fourth-order valence-electron chi connectivity index (χ4n) is 6.16. The molecule has 0 heterocycles. The number of allylic oxidation sites excluding steroid dienone is 16. The molecule has 0 fully saturated rings. The molecule has 0 atom stereocenters. The van der Waals surface area contributed by atoms with Gasteiger partial charge in [-0.2, -0.15) is 0 Å². The average Bonchev–Trinajstić information content (AvgIpc) is 3.62. The molecule has 4 aliphatic rings. The summed E-state index contributed by atoms with van der Waals surface area (Å²) in [7, 11) is -3.56. The Bertz CT molecular complexity index is 928. The fourth-order valence-corrected chi connectivity index (χ4v) is 18.1. The molecule has 0 bridgehead atoms. The first-order valence-electron chi connectivity index (χ1n) is 11.7. The molecule has 0 spiro atoms. The van der Waals surface area contributed by atoms with Crippen LogP contribution >= 0.6 is 0 Å². The van der Waals surface area contributed by atoms with E-state index in [9.17, 15) is 0 Å². The summed E-state index contributed by atoms with van der Waals surface area (Å²) in [6.07, 6.45) is 38.0. The maximum Gasteiger partial charge on any atom is 0.107 e. The molecule has 0 N–H and O–H groups in total. The van der Waals surface area contributed by atoms with E-state index in [0.29, 0.717) is 22.2 Å². The van der Waals surface area contributed by atoms with Gasteiger partial charge in [0.25, 0.3) is 0 Å². The van der Waals surface area contributed by atoms with Crippen molar-refractivity contribution in [2.24, 2.45) is 0 Å². The molecule has 0 radical (unpaired) electrons. The van der Waals surface area contributed by atoms with Gasteiger partial charge in [-0.15, -0.1) is 0 Å². The van der Waals surface area contributed by atoms with Crippen molar-refractivity contribution in [2.45, 2.75) is 40.8 Å². The first kappa shape index (κ1) is 20.5. The second-order valence-corrected chi connectivity index (χ2v) is 18.9. The van der Waals surface area contributed by atoms with Crippen LogP contribution in [0.2, 0.25) is 40.8 Å². The van der Waals surface area contributed by atoms with Crippen LogP contribution in [0.25, 0.3) is 0 Å². The van der Waals surface area contributed by atoms with Gasteiger partial charge < -0.3 is 0 Å². The van der Waals surface area contributed by atoms with Crippen molar-refractivity contribution < 1.29 is 0 Å². The normalized spacial score (nSPS) is 21.1. The number of hydrogen-bond acceptors (Lipinski definition) is 0. The zero-order chi connectivity index (χ0) is 21.2. The van der Waals surface area contributed by atoms with Crippen LogP contribution in [0.4, 0.5) is 0 Å². The predicted octanol–water partition coefficient (Wildman–Crippen LogP) is 7.41. The Morgan fingerprint density at radius 1 is 0.516 bits per heavy atom. The van der Waals surface area contributed by atoms with E-state index in [-0.39, 0.29) is 0 Å². The molecule has 0 unspecified atom stereocenters. The molecule has 1 aromatic carbocycles. The molecule has 5 rings (SSSR count). The van der Waals surface area contributed by atoms with Gasteiger partial charge in [-0.1, -0.05) is 151 Å². The molecule has 0 amide bonds. The largest absolute Gasteiger partial charge is 0.107 e. The summed E-state index contributed by atoms with van der Waals surface area (Å²) in [6, 6.07) is 14.2. The lowest BCUT2D eigenvalue weighted by molar-refractivity contribution is 1.06. The smallest absolute Gasteiger partial charge is 0.0803 e. The lowest BCUT2D eigenvalue weighted by atomic mass is 10.4. The van der Waals surface area contributed by atoms with Crippen molar-refractivity contribution in [3.05, 3.63) is 128 Å². The van der Waals surface area contributed by atoms with E-state index < -0.39 is 16.1 Å². The van der Waals surface area contributed by atoms with Gasteiger partial charge in [-0.05, 0) is 22.2 Å². The molecule has 0 aromatic heterocycles. The van der Waals surface area contributed by atoms with E-state index in [0.717, 1.165) is 0 Å². The topological polar surface area (TPSA) is 0 Å². The van der Waals surface area contributed by atoms with Gasteiger partial charge in [0.05, 0.1) is 8.07 Å². The zero-order valence-corrected chi connectivity index (χ0v) is 20.3. The van der Waals surface area contributed by atoms with E-state index in [1.165, 1.54) is 12.1 Å². The van der Waals surface area contributed by atoms with Crippen LogP contribution in [0.1, 0.15) is 0 Å². The van der Waals surface area contributed by atoms with E-state index in [1.54, 1.807) is 5.19 Å². The van der Waals surface area contributed by atoms with Gasteiger partial charge in [0.2, 0.25) is 0 Å². The molecule has 1 aromatic rings. The molecule has 4 aliphatic carbocycles. The summed E-state index contributed by atoms with van der Waals surface area (Å²) in [5.74, 6) is 0. The van der Waals surface area contributed by atoms with Crippen LogP contribution in [0, 0.1) is 0 Å². The Kier molecular flexibility index (Phi) is 5.68. The van der Waals surface area contributed by atoms with Crippen LogP contribution in [0.15, 0.2) is 128 Å². The second kappa shape index (κ2) is 8.60. The van der Waals surface area contributed by atoms with Crippen molar-refractivity contribution >= 4 is 21.3 Å². The molecule has 31 heavy (non-hydrogen) atoms.